The first kappa shape index (κ1) is 19.1. The molecule has 4 rings (SSSR count). The second-order valence-corrected chi connectivity index (χ2v) is 6.92. The Balaban J connectivity index is 1.57. The van der Waals surface area contributed by atoms with E-state index in [0.717, 1.165) is 24.0 Å². The normalized spacial score (nSPS) is 17.0. The number of halogens is 3. The third-order valence-electron chi connectivity index (χ3n) is 4.70. The Morgan fingerprint density at radius 3 is 2.90 bits per heavy atom. The fourth-order valence-corrected chi connectivity index (χ4v) is 3.23. The van der Waals surface area contributed by atoms with Gasteiger partial charge in [0.25, 0.3) is 0 Å². The van der Waals surface area contributed by atoms with Gasteiger partial charge in [0.15, 0.2) is 0 Å². The summed E-state index contributed by atoms with van der Waals surface area (Å²) in [5, 5.41) is 0. The summed E-state index contributed by atoms with van der Waals surface area (Å²) in [4.78, 5) is 20.8. The first-order valence-electron chi connectivity index (χ1n) is 9.01. The number of nitrogens with zero attached hydrogens (tertiary/aromatic N) is 2. The van der Waals surface area contributed by atoms with Crippen LogP contribution in [-0.2, 0) is 4.74 Å². The van der Waals surface area contributed by atoms with Gasteiger partial charge in [-0.15, -0.1) is 0 Å². The zero-order valence-electron chi connectivity index (χ0n) is 15.5. The van der Waals surface area contributed by atoms with Crippen molar-refractivity contribution in [2.24, 2.45) is 0 Å². The number of imidazole rings is 1. The molecule has 1 aliphatic rings. The molecule has 0 saturated carbocycles. The van der Waals surface area contributed by atoms with Gasteiger partial charge < -0.3 is 14.5 Å². The number of hydrogen-bond donors (Lipinski definition) is 1. The lowest BCUT2D eigenvalue weighted by molar-refractivity contribution is 0.000835. The van der Waals surface area contributed by atoms with Gasteiger partial charge in [-0.2, -0.15) is 0 Å². The van der Waals surface area contributed by atoms with Gasteiger partial charge in [-0.25, -0.2) is 22.9 Å². The van der Waals surface area contributed by atoms with Gasteiger partial charge in [0.2, 0.25) is 5.92 Å². The van der Waals surface area contributed by atoms with Crippen molar-refractivity contribution in [3.05, 3.63) is 54.1 Å². The van der Waals surface area contributed by atoms with E-state index in [9.17, 15) is 18.0 Å². The number of benzene rings is 2. The molecule has 2 heterocycles. The van der Waals surface area contributed by atoms with Crippen molar-refractivity contribution in [1.82, 2.24) is 9.97 Å². The number of carbonyl (C=O) groups excluding carboxylic acids is 1. The molecular weight excluding hydrogens is 387 g/mol. The van der Waals surface area contributed by atoms with Crippen LogP contribution in [0.2, 0.25) is 0 Å². The molecule has 0 aliphatic carbocycles. The van der Waals surface area contributed by atoms with Gasteiger partial charge in [0.1, 0.15) is 24.2 Å². The Bertz CT molecular complexity index is 1050. The van der Waals surface area contributed by atoms with Crippen LogP contribution in [0, 0.1) is 5.82 Å². The third-order valence-corrected chi connectivity index (χ3v) is 4.70. The number of aromatic amines is 1. The maximum atomic E-state index is 14.7. The average molecular weight is 405 g/mol. The molecule has 3 aromatic rings. The standard InChI is InChI=1S/C20H18F3N3O3/c1-20(22,23)6-7-28-13-3-4-14(15(21)9-13)18-10-29-19(27)26(18)12-2-5-16-17(8-12)25-11-24-16/h2-5,8-9,11,18H,6-7,10H2,1H3,(H,24,25). The Labute approximate surface area is 164 Å². The minimum absolute atomic E-state index is 0.0149. The zero-order valence-corrected chi connectivity index (χ0v) is 15.5. The number of H-pyrrole nitrogens is 1. The highest BCUT2D eigenvalue weighted by molar-refractivity contribution is 5.93. The average Bonchev–Trinajstić information content (AvgIpc) is 3.26. The first-order valence-corrected chi connectivity index (χ1v) is 9.01. The van der Waals surface area contributed by atoms with E-state index in [0.29, 0.717) is 5.69 Å². The summed E-state index contributed by atoms with van der Waals surface area (Å²) in [6.07, 6.45) is 0.491. The van der Waals surface area contributed by atoms with E-state index in [2.05, 4.69) is 9.97 Å². The second kappa shape index (κ2) is 7.31. The number of aromatic nitrogens is 2. The number of rotatable bonds is 6. The quantitative estimate of drug-likeness (QED) is 0.638. The van der Waals surface area contributed by atoms with Gasteiger partial charge in [0, 0.05) is 18.1 Å². The van der Waals surface area contributed by atoms with Crippen molar-refractivity contribution in [2.75, 3.05) is 18.1 Å². The number of amides is 1. The lowest BCUT2D eigenvalue weighted by Gasteiger charge is -2.22. The maximum Gasteiger partial charge on any atom is 0.415 e. The van der Waals surface area contributed by atoms with Crippen LogP contribution in [0.5, 0.6) is 5.75 Å². The van der Waals surface area contributed by atoms with Crippen molar-refractivity contribution in [3.8, 4) is 5.75 Å². The fourth-order valence-electron chi connectivity index (χ4n) is 3.23. The molecule has 0 spiro atoms. The van der Waals surface area contributed by atoms with E-state index in [-0.39, 0.29) is 24.5 Å². The van der Waals surface area contributed by atoms with E-state index in [1.54, 1.807) is 24.5 Å². The van der Waals surface area contributed by atoms with Crippen LogP contribution in [0.25, 0.3) is 11.0 Å². The summed E-state index contributed by atoms with van der Waals surface area (Å²) >= 11 is 0. The van der Waals surface area contributed by atoms with E-state index in [1.807, 2.05) is 0 Å². The van der Waals surface area contributed by atoms with Crippen LogP contribution in [-0.4, -0.2) is 35.2 Å². The number of ether oxygens (including phenoxy) is 2. The van der Waals surface area contributed by atoms with Crippen molar-refractivity contribution in [1.29, 1.82) is 0 Å². The molecule has 152 valence electrons. The van der Waals surface area contributed by atoms with Gasteiger partial charge in [0.05, 0.1) is 29.7 Å². The summed E-state index contributed by atoms with van der Waals surface area (Å²) < 4.78 is 50.9. The number of nitrogens with one attached hydrogen (secondary N) is 1. The molecule has 1 aromatic heterocycles. The van der Waals surface area contributed by atoms with E-state index < -0.39 is 30.3 Å². The van der Waals surface area contributed by atoms with Gasteiger partial charge in [-0.3, -0.25) is 4.90 Å². The first-order chi connectivity index (χ1) is 13.8. The van der Waals surface area contributed by atoms with Gasteiger partial charge >= 0.3 is 6.09 Å². The predicted octanol–water partition coefficient (Wildman–Crippen LogP) is 4.82. The molecule has 1 amide bonds. The summed E-state index contributed by atoms with van der Waals surface area (Å²) in [5.74, 6) is -3.32. The molecule has 1 N–H and O–H groups in total. The molecule has 0 radical (unpaired) electrons. The van der Waals surface area contributed by atoms with E-state index in [4.69, 9.17) is 9.47 Å². The highest BCUT2D eigenvalue weighted by atomic mass is 19.3. The minimum Gasteiger partial charge on any atom is -0.493 e. The second-order valence-electron chi connectivity index (χ2n) is 6.92. The number of carbonyl (C=O) groups is 1. The number of cyclic esters (lactones) is 1. The number of alkyl halides is 2. The number of anilines is 1. The van der Waals surface area contributed by atoms with Crippen LogP contribution >= 0.6 is 0 Å². The Morgan fingerprint density at radius 2 is 2.14 bits per heavy atom. The van der Waals surface area contributed by atoms with Crippen molar-refractivity contribution < 1.29 is 27.4 Å². The zero-order chi connectivity index (χ0) is 20.6. The van der Waals surface area contributed by atoms with Gasteiger partial charge in [-0.05, 0) is 31.2 Å². The van der Waals surface area contributed by atoms with Crippen LogP contribution < -0.4 is 9.64 Å². The largest absolute Gasteiger partial charge is 0.493 e. The Morgan fingerprint density at radius 1 is 1.31 bits per heavy atom. The molecule has 2 aromatic carbocycles. The summed E-state index contributed by atoms with van der Waals surface area (Å²) in [6.45, 7) is 0.551. The number of fused-ring (bicyclic) bond motifs is 1. The highest BCUT2D eigenvalue weighted by Crippen LogP contribution is 2.36. The summed E-state index contributed by atoms with van der Waals surface area (Å²) in [7, 11) is 0. The van der Waals surface area contributed by atoms with Crippen LogP contribution in [0.4, 0.5) is 23.7 Å². The topological polar surface area (TPSA) is 67.5 Å². The molecule has 9 heteroatoms. The molecule has 1 fully saturated rings. The molecule has 1 atom stereocenters. The molecule has 6 nitrogen and oxygen atoms in total. The lowest BCUT2D eigenvalue weighted by Crippen LogP contribution is -2.27. The SMILES string of the molecule is CC(F)(F)CCOc1ccc(C2COC(=O)N2c2ccc3nc[nH]c3c2)c(F)c1. The van der Waals surface area contributed by atoms with Crippen molar-refractivity contribution in [2.45, 2.75) is 25.3 Å². The number of hydrogen-bond acceptors (Lipinski definition) is 4. The molecule has 1 saturated heterocycles. The summed E-state index contributed by atoms with van der Waals surface area (Å²) in [6, 6.07) is 8.62. The van der Waals surface area contributed by atoms with Crippen molar-refractivity contribution >= 4 is 22.8 Å². The Kier molecular flexibility index (Phi) is 4.81. The highest BCUT2D eigenvalue weighted by Gasteiger charge is 2.37. The van der Waals surface area contributed by atoms with Gasteiger partial charge in [-0.1, -0.05) is 6.07 Å². The molecule has 0 bridgehead atoms. The fraction of sp³-hybridized carbons (Fsp3) is 0.300. The molecule has 29 heavy (non-hydrogen) atoms. The van der Waals surface area contributed by atoms with Crippen LogP contribution in [0.1, 0.15) is 24.9 Å². The minimum atomic E-state index is -2.85. The Hall–Kier alpha value is -3.23. The van der Waals surface area contributed by atoms with Crippen molar-refractivity contribution in [3.63, 3.8) is 0 Å². The molecule has 1 unspecified atom stereocenters. The monoisotopic (exact) mass is 405 g/mol. The maximum absolute atomic E-state index is 14.7. The van der Waals surface area contributed by atoms with E-state index >= 15 is 0 Å². The predicted molar refractivity (Wildman–Crippen MR) is 99.8 cm³/mol. The molecule has 1 aliphatic heterocycles. The van der Waals surface area contributed by atoms with Crippen LogP contribution in [0.3, 0.4) is 0 Å². The summed E-state index contributed by atoms with van der Waals surface area (Å²) in [5.41, 5.74) is 2.26. The smallest absolute Gasteiger partial charge is 0.415 e. The third kappa shape index (κ3) is 3.98. The molecular formula is C20H18F3N3O3. The lowest BCUT2D eigenvalue weighted by atomic mass is 10.0. The van der Waals surface area contributed by atoms with E-state index in [1.165, 1.54) is 17.0 Å². The van der Waals surface area contributed by atoms with Crippen LogP contribution in [0.15, 0.2) is 42.7 Å².